The van der Waals surface area contributed by atoms with Gasteiger partial charge in [0.2, 0.25) is 0 Å². The van der Waals surface area contributed by atoms with Crippen molar-refractivity contribution in [1.82, 2.24) is 5.32 Å². The molecule has 16 heavy (non-hydrogen) atoms. The van der Waals surface area contributed by atoms with E-state index in [1.807, 2.05) is 0 Å². The lowest BCUT2D eigenvalue weighted by molar-refractivity contribution is -0.143. The first-order valence-electron chi connectivity index (χ1n) is 4.98. The van der Waals surface area contributed by atoms with Crippen LogP contribution in [0.4, 0.5) is 4.79 Å². The highest BCUT2D eigenvalue weighted by atomic mass is 32.1. The van der Waals surface area contributed by atoms with E-state index in [9.17, 15) is 9.59 Å². The van der Waals surface area contributed by atoms with E-state index in [4.69, 9.17) is 4.74 Å². The molecule has 0 aliphatic rings. The van der Waals surface area contributed by atoms with Crippen LogP contribution in [0.15, 0.2) is 0 Å². The Hall–Kier alpha value is -0.910. The number of ether oxygens (including phenoxy) is 2. The zero-order valence-electron chi connectivity index (χ0n) is 10.1. The number of hydrogen-bond donors (Lipinski definition) is 2. The minimum atomic E-state index is -0.711. The minimum Gasteiger partial charge on any atom is -0.467 e. The third-order valence-electron chi connectivity index (χ3n) is 1.59. The quantitative estimate of drug-likeness (QED) is 0.583. The molecule has 6 heteroatoms. The first-order valence-corrected chi connectivity index (χ1v) is 5.61. The second-order valence-corrected chi connectivity index (χ2v) is 4.68. The Morgan fingerprint density at radius 3 is 2.31 bits per heavy atom. The van der Waals surface area contributed by atoms with Gasteiger partial charge in [0.15, 0.2) is 0 Å². The molecule has 0 radical (unpaired) electrons. The third-order valence-corrected chi connectivity index (χ3v) is 1.85. The van der Waals surface area contributed by atoms with Gasteiger partial charge in [-0.2, -0.15) is 12.6 Å². The molecular formula is C10H19NO4S. The lowest BCUT2D eigenvalue weighted by Crippen LogP contribution is -2.44. The molecule has 0 spiro atoms. The van der Waals surface area contributed by atoms with E-state index < -0.39 is 23.7 Å². The normalized spacial score (nSPS) is 12.8. The zero-order chi connectivity index (χ0) is 12.8. The van der Waals surface area contributed by atoms with Gasteiger partial charge in [0.05, 0.1) is 7.11 Å². The van der Waals surface area contributed by atoms with Crippen molar-refractivity contribution >= 4 is 24.7 Å². The van der Waals surface area contributed by atoms with Gasteiger partial charge in [0.25, 0.3) is 0 Å². The summed E-state index contributed by atoms with van der Waals surface area (Å²) in [5.74, 6) is -0.0323. The Labute approximate surface area is 101 Å². The van der Waals surface area contributed by atoms with Crippen molar-refractivity contribution in [3.8, 4) is 0 Å². The maximum Gasteiger partial charge on any atom is 0.408 e. The Kier molecular flexibility index (Phi) is 6.25. The molecule has 1 amide bonds. The standard InChI is InChI=1S/C10H19NO4S/c1-10(2,3)15-9(13)11-7(5-6-16)8(12)14-4/h7,16H,5-6H2,1-4H3,(H,11,13)/t7-/m0/s1. The SMILES string of the molecule is COC(=O)[C@H](CCS)NC(=O)OC(C)(C)C. The fraction of sp³-hybridized carbons (Fsp3) is 0.800. The summed E-state index contributed by atoms with van der Waals surface area (Å²) in [7, 11) is 1.27. The number of alkyl carbamates (subject to hydrolysis) is 1. The van der Waals surface area contributed by atoms with Crippen molar-refractivity contribution in [3.05, 3.63) is 0 Å². The molecule has 0 saturated heterocycles. The van der Waals surface area contributed by atoms with Crippen LogP contribution in [-0.2, 0) is 14.3 Å². The van der Waals surface area contributed by atoms with Gasteiger partial charge >= 0.3 is 12.1 Å². The summed E-state index contributed by atoms with van der Waals surface area (Å²) in [6.45, 7) is 5.25. The number of carbonyl (C=O) groups is 2. The molecule has 0 aromatic rings. The van der Waals surface area contributed by atoms with E-state index in [1.165, 1.54) is 7.11 Å². The highest BCUT2D eigenvalue weighted by Gasteiger charge is 2.24. The largest absolute Gasteiger partial charge is 0.467 e. The fourth-order valence-electron chi connectivity index (χ4n) is 0.970. The maximum atomic E-state index is 11.4. The van der Waals surface area contributed by atoms with Crippen LogP contribution in [0.1, 0.15) is 27.2 Å². The van der Waals surface area contributed by atoms with Crippen LogP contribution in [-0.4, -0.2) is 36.6 Å². The van der Waals surface area contributed by atoms with Crippen LogP contribution in [0.5, 0.6) is 0 Å². The van der Waals surface area contributed by atoms with Crippen molar-refractivity contribution < 1.29 is 19.1 Å². The molecular weight excluding hydrogens is 230 g/mol. The van der Waals surface area contributed by atoms with Gasteiger partial charge in [-0.05, 0) is 32.9 Å². The smallest absolute Gasteiger partial charge is 0.408 e. The summed E-state index contributed by atoms with van der Waals surface area (Å²) in [5, 5.41) is 2.44. The summed E-state index contributed by atoms with van der Waals surface area (Å²) >= 11 is 4.00. The molecule has 0 aliphatic heterocycles. The van der Waals surface area contributed by atoms with E-state index in [0.717, 1.165) is 0 Å². The van der Waals surface area contributed by atoms with Crippen LogP contribution in [0.25, 0.3) is 0 Å². The number of amides is 1. The van der Waals surface area contributed by atoms with Crippen LogP contribution >= 0.6 is 12.6 Å². The summed E-state index contributed by atoms with van der Waals surface area (Å²) in [4.78, 5) is 22.7. The topological polar surface area (TPSA) is 64.6 Å². The lowest BCUT2D eigenvalue weighted by Gasteiger charge is -2.22. The average molecular weight is 249 g/mol. The van der Waals surface area contributed by atoms with Gasteiger partial charge < -0.3 is 14.8 Å². The molecule has 0 unspecified atom stereocenters. The number of hydrogen-bond acceptors (Lipinski definition) is 5. The molecule has 1 atom stereocenters. The van der Waals surface area contributed by atoms with Crippen molar-refractivity contribution in [2.45, 2.75) is 38.8 Å². The Morgan fingerprint density at radius 1 is 1.38 bits per heavy atom. The molecule has 0 aliphatic carbocycles. The number of nitrogens with one attached hydrogen (secondary N) is 1. The van der Waals surface area contributed by atoms with Gasteiger partial charge in [-0.15, -0.1) is 0 Å². The van der Waals surface area contributed by atoms with Gasteiger partial charge in [-0.25, -0.2) is 9.59 Å². The maximum absolute atomic E-state index is 11.4. The molecule has 0 fully saturated rings. The lowest BCUT2D eigenvalue weighted by atomic mass is 10.2. The number of thiol groups is 1. The highest BCUT2D eigenvalue weighted by Crippen LogP contribution is 2.07. The van der Waals surface area contributed by atoms with Gasteiger partial charge in [-0.3, -0.25) is 0 Å². The number of esters is 1. The molecule has 0 aromatic carbocycles. The average Bonchev–Trinajstić information content (AvgIpc) is 2.13. The van der Waals surface area contributed by atoms with Crippen LogP contribution in [0, 0.1) is 0 Å². The van der Waals surface area contributed by atoms with E-state index in [-0.39, 0.29) is 0 Å². The first-order chi connectivity index (χ1) is 7.30. The molecule has 94 valence electrons. The second-order valence-electron chi connectivity index (χ2n) is 4.23. The molecule has 0 bridgehead atoms. The Balaban J connectivity index is 4.29. The van der Waals surface area contributed by atoms with Gasteiger partial charge in [0, 0.05) is 0 Å². The molecule has 0 saturated carbocycles. The predicted molar refractivity (Wildman–Crippen MR) is 63.6 cm³/mol. The predicted octanol–water partition coefficient (Wildman–Crippen LogP) is 1.37. The van der Waals surface area contributed by atoms with Crippen LogP contribution in [0.2, 0.25) is 0 Å². The van der Waals surface area contributed by atoms with E-state index >= 15 is 0 Å². The second kappa shape index (κ2) is 6.62. The van der Waals surface area contributed by atoms with Gasteiger partial charge in [0.1, 0.15) is 11.6 Å². The summed E-state index contributed by atoms with van der Waals surface area (Å²) in [6.07, 6.45) is -0.237. The number of carbonyl (C=O) groups excluding carboxylic acids is 2. The summed E-state index contributed by atoms with van der Waals surface area (Å²) in [5.41, 5.74) is -0.592. The molecule has 5 nitrogen and oxygen atoms in total. The highest BCUT2D eigenvalue weighted by molar-refractivity contribution is 7.80. The van der Waals surface area contributed by atoms with Crippen molar-refractivity contribution in [3.63, 3.8) is 0 Å². The summed E-state index contributed by atoms with van der Waals surface area (Å²) < 4.78 is 9.58. The zero-order valence-corrected chi connectivity index (χ0v) is 11.0. The van der Waals surface area contributed by atoms with Crippen molar-refractivity contribution in [1.29, 1.82) is 0 Å². The summed E-state index contributed by atoms with van der Waals surface area (Å²) in [6, 6.07) is -0.711. The number of methoxy groups -OCH3 is 1. The molecule has 0 rings (SSSR count). The van der Waals surface area contributed by atoms with E-state index in [0.29, 0.717) is 12.2 Å². The van der Waals surface area contributed by atoms with Gasteiger partial charge in [-0.1, -0.05) is 0 Å². The van der Waals surface area contributed by atoms with Crippen LogP contribution in [0.3, 0.4) is 0 Å². The fourth-order valence-corrected chi connectivity index (χ4v) is 1.23. The Morgan fingerprint density at radius 2 is 1.94 bits per heavy atom. The van der Waals surface area contributed by atoms with E-state index in [1.54, 1.807) is 20.8 Å². The Bertz CT molecular complexity index is 250. The number of rotatable bonds is 4. The monoisotopic (exact) mass is 249 g/mol. The van der Waals surface area contributed by atoms with E-state index in [2.05, 4.69) is 22.7 Å². The minimum absolute atomic E-state index is 0.398. The van der Waals surface area contributed by atoms with Crippen molar-refractivity contribution in [2.24, 2.45) is 0 Å². The molecule has 0 aromatic heterocycles. The first kappa shape index (κ1) is 15.1. The third kappa shape index (κ3) is 6.55. The molecule has 0 heterocycles. The molecule has 1 N–H and O–H groups in total. The van der Waals surface area contributed by atoms with Crippen LogP contribution < -0.4 is 5.32 Å². The van der Waals surface area contributed by atoms with Crippen molar-refractivity contribution in [2.75, 3.05) is 12.9 Å².